The number of amides is 1. The Morgan fingerprint density at radius 2 is 2.43 bits per heavy atom. The molecule has 0 aliphatic heterocycles. The van der Waals surface area contributed by atoms with Gasteiger partial charge in [-0.1, -0.05) is 11.4 Å². The monoisotopic (exact) mass is 233 g/mol. The zero-order chi connectivity index (χ0) is 10.6. The summed E-state index contributed by atoms with van der Waals surface area (Å²) in [6, 6.07) is 0. The van der Waals surface area contributed by atoms with Crippen molar-refractivity contribution in [3.05, 3.63) is 10.6 Å². The first kappa shape index (κ1) is 11.4. The first-order chi connectivity index (χ1) is 6.65. The summed E-state index contributed by atoms with van der Waals surface area (Å²) in [6.45, 7) is 4.23. The Bertz CT molecular complexity index is 313. The predicted octanol–water partition coefficient (Wildman–Crippen LogP) is 1.46. The average Bonchev–Trinajstić information content (AvgIpc) is 2.61. The van der Waals surface area contributed by atoms with Gasteiger partial charge in [-0.3, -0.25) is 4.79 Å². The van der Waals surface area contributed by atoms with Crippen molar-refractivity contribution >= 4 is 29.0 Å². The van der Waals surface area contributed by atoms with Gasteiger partial charge in [0.1, 0.15) is 4.88 Å². The maximum Gasteiger partial charge on any atom is 0.264 e. The van der Waals surface area contributed by atoms with Crippen LogP contribution in [0.5, 0.6) is 0 Å². The third-order valence-electron chi connectivity index (χ3n) is 1.64. The molecule has 1 rings (SSSR count). The van der Waals surface area contributed by atoms with E-state index in [4.69, 9.17) is 11.6 Å². The molecule has 0 saturated heterocycles. The molecular weight excluding hydrogens is 222 g/mol. The topological polar surface area (TPSA) is 54.9 Å². The standard InChI is InChI=1S/C8H12ClN3OS/c1-3-6-7(14-12-11-6)8(13)10-4-5(2)9/h5H,3-4H2,1-2H3,(H,10,13). The van der Waals surface area contributed by atoms with Crippen LogP contribution < -0.4 is 5.32 Å². The van der Waals surface area contributed by atoms with E-state index < -0.39 is 0 Å². The summed E-state index contributed by atoms with van der Waals surface area (Å²) in [5, 5.41) is 6.51. The highest BCUT2D eigenvalue weighted by Crippen LogP contribution is 2.10. The highest BCUT2D eigenvalue weighted by Gasteiger charge is 2.14. The number of rotatable bonds is 4. The van der Waals surface area contributed by atoms with Crippen LogP contribution in [-0.2, 0) is 6.42 Å². The Kier molecular flexibility index (Phi) is 4.28. The lowest BCUT2D eigenvalue weighted by Gasteiger charge is -2.04. The Balaban J connectivity index is 2.60. The van der Waals surface area contributed by atoms with E-state index >= 15 is 0 Å². The van der Waals surface area contributed by atoms with Crippen LogP contribution in [0.3, 0.4) is 0 Å². The lowest BCUT2D eigenvalue weighted by molar-refractivity contribution is 0.0957. The molecule has 1 amide bonds. The van der Waals surface area contributed by atoms with Crippen LogP contribution in [0.25, 0.3) is 0 Å². The second-order valence-corrected chi connectivity index (χ2v) is 4.39. The summed E-state index contributed by atoms with van der Waals surface area (Å²) in [5.74, 6) is -0.135. The average molecular weight is 234 g/mol. The lowest BCUT2D eigenvalue weighted by Crippen LogP contribution is -2.28. The zero-order valence-electron chi connectivity index (χ0n) is 8.08. The zero-order valence-corrected chi connectivity index (χ0v) is 9.65. The van der Waals surface area contributed by atoms with Gasteiger partial charge >= 0.3 is 0 Å². The second-order valence-electron chi connectivity index (χ2n) is 2.89. The SMILES string of the molecule is CCc1nnsc1C(=O)NCC(C)Cl. The van der Waals surface area contributed by atoms with Crippen LogP contribution in [0.4, 0.5) is 0 Å². The van der Waals surface area contributed by atoms with E-state index in [1.165, 1.54) is 0 Å². The fraction of sp³-hybridized carbons (Fsp3) is 0.625. The molecule has 1 atom stereocenters. The Labute approximate surface area is 91.8 Å². The number of carbonyl (C=O) groups is 1. The molecule has 0 bridgehead atoms. The first-order valence-corrected chi connectivity index (χ1v) is 5.59. The van der Waals surface area contributed by atoms with E-state index in [2.05, 4.69) is 14.9 Å². The number of hydrogen-bond donors (Lipinski definition) is 1. The van der Waals surface area contributed by atoms with Gasteiger partial charge in [0, 0.05) is 11.9 Å². The maximum atomic E-state index is 11.6. The molecular formula is C8H12ClN3OS. The lowest BCUT2D eigenvalue weighted by atomic mass is 10.3. The molecule has 1 heterocycles. The van der Waals surface area contributed by atoms with Gasteiger partial charge < -0.3 is 5.32 Å². The van der Waals surface area contributed by atoms with Crippen LogP contribution in [-0.4, -0.2) is 27.4 Å². The minimum atomic E-state index is -0.135. The molecule has 1 aromatic heterocycles. The van der Waals surface area contributed by atoms with Crippen molar-refractivity contribution < 1.29 is 4.79 Å². The minimum absolute atomic E-state index is 0.0649. The van der Waals surface area contributed by atoms with Gasteiger partial charge in [-0.2, -0.15) is 0 Å². The van der Waals surface area contributed by atoms with Gasteiger partial charge in [0.25, 0.3) is 5.91 Å². The molecule has 78 valence electrons. The van der Waals surface area contributed by atoms with Crippen LogP contribution in [0.1, 0.15) is 29.2 Å². The highest BCUT2D eigenvalue weighted by molar-refractivity contribution is 7.08. The third kappa shape index (κ3) is 2.92. The molecule has 0 radical (unpaired) electrons. The summed E-state index contributed by atoms with van der Waals surface area (Å²) in [4.78, 5) is 12.1. The first-order valence-electron chi connectivity index (χ1n) is 4.38. The molecule has 0 aromatic carbocycles. The van der Waals surface area contributed by atoms with Crippen molar-refractivity contribution in [2.45, 2.75) is 25.6 Å². The van der Waals surface area contributed by atoms with Crippen molar-refractivity contribution in [2.75, 3.05) is 6.54 Å². The van der Waals surface area contributed by atoms with Crippen LogP contribution in [0, 0.1) is 0 Å². The number of nitrogens with zero attached hydrogens (tertiary/aromatic N) is 2. The summed E-state index contributed by atoms with van der Waals surface area (Å²) < 4.78 is 3.74. The van der Waals surface area contributed by atoms with Gasteiger partial charge in [-0.05, 0) is 24.9 Å². The van der Waals surface area contributed by atoms with Gasteiger partial charge in [-0.25, -0.2) is 0 Å². The normalized spacial score (nSPS) is 12.5. The van der Waals surface area contributed by atoms with Crippen LogP contribution in [0.15, 0.2) is 0 Å². The quantitative estimate of drug-likeness (QED) is 0.802. The van der Waals surface area contributed by atoms with Crippen molar-refractivity contribution in [3.63, 3.8) is 0 Å². The molecule has 1 aromatic rings. The second kappa shape index (κ2) is 5.26. The van der Waals surface area contributed by atoms with Gasteiger partial charge in [-0.15, -0.1) is 16.7 Å². The maximum absolute atomic E-state index is 11.6. The van der Waals surface area contributed by atoms with E-state index in [-0.39, 0.29) is 11.3 Å². The number of carbonyl (C=O) groups excluding carboxylic acids is 1. The van der Waals surface area contributed by atoms with Crippen molar-refractivity contribution in [1.29, 1.82) is 0 Å². The van der Waals surface area contributed by atoms with E-state index in [1.807, 2.05) is 13.8 Å². The van der Waals surface area contributed by atoms with Crippen molar-refractivity contribution in [2.24, 2.45) is 0 Å². The largest absolute Gasteiger partial charge is 0.350 e. The summed E-state index contributed by atoms with van der Waals surface area (Å²) >= 11 is 6.83. The summed E-state index contributed by atoms with van der Waals surface area (Å²) in [6.07, 6.45) is 0.718. The molecule has 1 N–H and O–H groups in total. The number of alkyl halides is 1. The number of halogens is 1. The molecule has 1 unspecified atom stereocenters. The van der Waals surface area contributed by atoms with E-state index in [0.717, 1.165) is 23.6 Å². The molecule has 0 saturated carbocycles. The highest BCUT2D eigenvalue weighted by atomic mass is 35.5. The van der Waals surface area contributed by atoms with Gasteiger partial charge in [0.2, 0.25) is 0 Å². The fourth-order valence-corrected chi connectivity index (χ4v) is 1.67. The molecule has 6 heteroatoms. The molecule has 0 aliphatic carbocycles. The van der Waals surface area contributed by atoms with Gasteiger partial charge in [0.15, 0.2) is 0 Å². The Hall–Kier alpha value is -0.680. The Morgan fingerprint density at radius 1 is 1.71 bits per heavy atom. The predicted molar refractivity (Wildman–Crippen MR) is 56.9 cm³/mol. The van der Waals surface area contributed by atoms with Crippen LogP contribution in [0.2, 0.25) is 0 Å². The molecule has 0 spiro atoms. The molecule has 0 aliphatic rings. The minimum Gasteiger partial charge on any atom is -0.350 e. The van der Waals surface area contributed by atoms with E-state index in [0.29, 0.717) is 11.4 Å². The smallest absolute Gasteiger partial charge is 0.264 e. The Morgan fingerprint density at radius 3 is 3.00 bits per heavy atom. The summed E-state index contributed by atoms with van der Waals surface area (Å²) in [5.41, 5.74) is 0.745. The molecule has 4 nitrogen and oxygen atoms in total. The van der Waals surface area contributed by atoms with Gasteiger partial charge in [0.05, 0.1) is 5.69 Å². The van der Waals surface area contributed by atoms with E-state index in [1.54, 1.807) is 0 Å². The number of nitrogens with one attached hydrogen (secondary N) is 1. The fourth-order valence-electron chi connectivity index (χ4n) is 0.926. The summed E-state index contributed by atoms with van der Waals surface area (Å²) in [7, 11) is 0. The van der Waals surface area contributed by atoms with Crippen molar-refractivity contribution in [1.82, 2.24) is 14.9 Å². The van der Waals surface area contributed by atoms with Crippen LogP contribution >= 0.6 is 23.1 Å². The molecule has 0 fully saturated rings. The number of hydrogen-bond acceptors (Lipinski definition) is 4. The third-order valence-corrected chi connectivity index (χ3v) is 2.56. The number of aromatic nitrogens is 2. The van der Waals surface area contributed by atoms with Crippen molar-refractivity contribution in [3.8, 4) is 0 Å². The van der Waals surface area contributed by atoms with E-state index in [9.17, 15) is 4.79 Å². The number of aryl methyl sites for hydroxylation is 1. The molecule has 14 heavy (non-hydrogen) atoms.